The first-order chi connectivity index (χ1) is 10.6. The molecule has 1 aliphatic rings. The molecular weight excluding hydrogens is 368 g/mol. The molecule has 0 N–H and O–H groups in total. The Morgan fingerprint density at radius 3 is 2.14 bits per heavy atom. The first-order valence-electron chi connectivity index (χ1n) is 6.53. The summed E-state index contributed by atoms with van der Waals surface area (Å²) >= 11 is 9.03. The highest BCUT2D eigenvalue weighted by atomic mass is 79.9. The summed E-state index contributed by atoms with van der Waals surface area (Å²) in [6.07, 6.45) is 0. The lowest BCUT2D eigenvalue weighted by molar-refractivity contribution is 0.0972. The Hall–Kier alpha value is -1.91. The van der Waals surface area contributed by atoms with Gasteiger partial charge < -0.3 is 4.74 Å². The summed E-state index contributed by atoms with van der Waals surface area (Å²) in [4.78, 5) is 24.8. The average Bonchev–Trinajstić information content (AvgIpc) is 2.54. The molecule has 110 valence electrons. The Labute approximate surface area is 140 Å². The summed E-state index contributed by atoms with van der Waals surface area (Å²) in [5.41, 5.74) is 1.14. The van der Waals surface area contributed by atoms with E-state index in [1.54, 1.807) is 48.5 Å². The van der Waals surface area contributed by atoms with Gasteiger partial charge in [0.1, 0.15) is 12.4 Å². The minimum atomic E-state index is -0.204. The standard InChI is InChI=1S/C17H10BrClO3/c18-15-14(9-22-11-7-5-10(19)6-8-11)16(20)12-3-1-2-4-13(12)17(15)21/h1-8H,9H2. The molecule has 0 atom stereocenters. The van der Waals surface area contributed by atoms with Gasteiger partial charge in [-0.2, -0.15) is 0 Å². The summed E-state index contributed by atoms with van der Waals surface area (Å²) in [5.74, 6) is 0.178. The lowest BCUT2D eigenvalue weighted by Crippen LogP contribution is -2.23. The van der Waals surface area contributed by atoms with Crippen molar-refractivity contribution >= 4 is 39.1 Å². The zero-order valence-electron chi connectivity index (χ0n) is 11.3. The van der Waals surface area contributed by atoms with Crippen LogP contribution in [0, 0.1) is 0 Å². The number of hydrogen-bond donors (Lipinski definition) is 0. The Kier molecular flexibility index (Phi) is 4.14. The van der Waals surface area contributed by atoms with Crippen LogP contribution in [0.15, 0.2) is 58.6 Å². The Morgan fingerprint density at radius 1 is 0.909 bits per heavy atom. The van der Waals surface area contributed by atoms with Crippen LogP contribution in [0.1, 0.15) is 20.7 Å². The van der Waals surface area contributed by atoms with Crippen molar-refractivity contribution < 1.29 is 14.3 Å². The molecule has 0 heterocycles. The van der Waals surface area contributed by atoms with Crippen molar-refractivity contribution in [1.82, 2.24) is 0 Å². The van der Waals surface area contributed by atoms with E-state index >= 15 is 0 Å². The highest BCUT2D eigenvalue weighted by molar-refractivity contribution is 9.12. The number of carbonyl (C=O) groups is 2. The Balaban J connectivity index is 1.87. The van der Waals surface area contributed by atoms with Crippen LogP contribution in [0.3, 0.4) is 0 Å². The molecule has 0 aliphatic heterocycles. The first kappa shape index (κ1) is 15.0. The monoisotopic (exact) mass is 376 g/mol. The zero-order chi connectivity index (χ0) is 15.7. The number of allylic oxidation sites excluding steroid dienone is 1. The quantitative estimate of drug-likeness (QED) is 0.794. The molecular formula is C17H10BrClO3. The zero-order valence-corrected chi connectivity index (χ0v) is 13.6. The van der Waals surface area contributed by atoms with Gasteiger partial charge in [-0.25, -0.2) is 0 Å². The molecule has 2 aromatic rings. The number of ether oxygens (including phenoxy) is 1. The number of carbonyl (C=O) groups excluding carboxylic acids is 2. The molecule has 0 saturated heterocycles. The summed E-state index contributed by atoms with van der Waals surface area (Å²) in [6.45, 7) is 0.0150. The van der Waals surface area contributed by atoms with Crippen molar-refractivity contribution in [2.45, 2.75) is 0 Å². The van der Waals surface area contributed by atoms with Crippen molar-refractivity contribution in [2.24, 2.45) is 0 Å². The molecule has 0 spiro atoms. The lowest BCUT2D eigenvalue weighted by atomic mass is 9.90. The van der Waals surface area contributed by atoms with Crippen LogP contribution in [0.4, 0.5) is 0 Å². The van der Waals surface area contributed by atoms with E-state index in [1.165, 1.54) is 0 Å². The maximum Gasteiger partial charge on any atom is 0.201 e. The summed E-state index contributed by atoms with van der Waals surface area (Å²) < 4.78 is 5.84. The third-order valence-electron chi connectivity index (χ3n) is 3.35. The predicted molar refractivity (Wildman–Crippen MR) is 88.0 cm³/mol. The van der Waals surface area contributed by atoms with E-state index in [2.05, 4.69) is 15.9 Å². The van der Waals surface area contributed by atoms with Crippen molar-refractivity contribution in [3.8, 4) is 5.75 Å². The maximum absolute atomic E-state index is 12.5. The molecule has 0 radical (unpaired) electrons. The van der Waals surface area contributed by atoms with Crippen LogP contribution in [-0.2, 0) is 0 Å². The Morgan fingerprint density at radius 2 is 1.50 bits per heavy atom. The van der Waals surface area contributed by atoms with Gasteiger partial charge in [-0.05, 0) is 40.2 Å². The average molecular weight is 378 g/mol. The van der Waals surface area contributed by atoms with Crippen LogP contribution < -0.4 is 4.74 Å². The number of hydrogen-bond acceptors (Lipinski definition) is 3. The number of halogens is 2. The number of rotatable bonds is 3. The van der Waals surface area contributed by atoms with Crippen molar-refractivity contribution in [1.29, 1.82) is 0 Å². The van der Waals surface area contributed by atoms with Crippen LogP contribution in [0.2, 0.25) is 5.02 Å². The van der Waals surface area contributed by atoms with Gasteiger partial charge in [0.2, 0.25) is 5.78 Å². The first-order valence-corrected chi connectivity index (χ1v) is 7.70. The van der Waals surface area contributed by atoms with E-state index in [0.29, 0.717) is 27.5 Å². The highest BCUT2D eigenvalue weighted by Crippen LogP contribution is 2.30. The molecule has 5 heteroatoms. The summed E-state index contributed by atoms with van der Waals surface area (Å²) in [6, 6.07) is 13.6. The van der Waals surface area contributed by atoms with E-state index < -0.39 is 0 Å². The summed E-state index contributed by atoms with van der Waals surface area (Å²) in [7, 11) is 0. The van der Waals surface area contributed by atoms with Gasteiger partial charge in [-0.3, -0.25) is 9.59 Å². The molecule has 0 saturated carbocycles. The van der Waals surface area contributed by atoms with E-state index in [0.717, 1.165) is 0 Å². The molecule has 0 amide bonds. The van der Waals surface area contributed by atoms with Gasteiger partial charge in [-0.15, -0.1) is 0 Å². The third-order valence-corrected chi connectivity index (χ3v) is 4.44. The molecule has 3 nitrogen and oxygen atoms in total. The van der Waals surface area contributed by atoms with Gasteiger partial charge in [-0.1, -0.05) is 35.9 Å². The number of fused-ring (bicyclic) bond motifs is 1. The van der Waals surface area contributed by atoms with Crippen LogP contribution in [0.25, 0.3) is 0 Å². The fraction of sp³-hybridized carbons (Fsp3) is 0.0588. The molecule has 0 aromatic heterocycles. The second-order valence-corrected chi connectivity index (χ2v) is 5.97. The second-order valence-electron chi connectivity index (χ2n) is 4.74. The fourth-order valence-corrected chi connectivity index (χ4v) is 2.85. The van der Waals surface area contributed by atoms with Gasteiger partial charge in [0, 0.05) is 16.1 Å². The normalized spacial score (nSPS) is 14.1. The highest BCUT2D eigenvalue weighted by Gasteiger charge is 2.30. The smallest absolute Gasteiger partial charge is 0.201 e. The Bertz CT molecular complexity index is 794. The van der Waals surface area contributed by atoms with Crippen molar-refractivity contribution in [2.75, 3.05) is 6.61 Å². The maximum atomic E-state index is 12.5. The number of benzene rings is 2. The summed E-state index contributed by atoms with van der Waals surface area (Å²) in [5, 5.41) is 0.602. The van der Waals surface area contributed by atoms with Gasteiger partial charge in [0.05, 0.1) is 10.1 Å². The topological polar surface area (TPSA) is 43.4 Å². The van der Waals surface area contributed by atoms with E-state index in [4.69, 9.17) is 16.3 Å². The molecule has 22 heavy (non-hydrogen) atoms. The number of ketones is 2. The van der Waals surface area contributed by atoms with Crippen LogP contribution >= 0.6 is 27.5 Å². The van der Waals surface area contributed by atoms with Crippen LogP contribution in [-0.4, -0.2) is 18.2 Å². The molecule has 1 aliphatic carbocycles. The van der Waals surface area contributed by atoms with Gasteiger partial charge in [0.25, 0.3) is 0 Å². The number of Topliss-reactive ketones (excluding diaryl/α,β-unsaturated/α-hetero) is 2. The SMILES string of the molecule is O=C1C(Br)=C(COc2ccc(Cl)cc2)C(=O)c2ccccc21. The molecule has 2 aromatic carbocycles. The molecule has 0 bridgehead atoms. The minimum absolute atomic E-state index is 0.0150. The van der Waals surface area contributed by atoms with E-state index in [-0.39, 0.29) is 22.7 Å². The molecule has 3 rings (SSSR count). The van der Waals surface area contributed by atoms with Crippen molar-refractivity contribution in [3.05, 3.63) is 74.7 Å². The minimum Gasteiger partial charge on any atom is -0.489 e. The molecule has 0 fully saturated rings. The van der Waals surface area contributed by atoms with E-state index in [1.807, 2.05) is 0 Å². The van der Waals surface area contributed by atoms with Crippen LogP contribution in [0.5, 0.6) is 5.75 Å². The van der Waals surface area contributed by atoms with Gasteiger partial charge in [0.15, 0.2) is 5.78 Å². The van der Waals surface area contributed by atoms with Gasteiger partial charge >= 0.3 is 0 Å². The predicted octanol–water partition coefficient (Wildman–Crippen LogP) is 4.45. The largest absolute Gasteiger partial charge is 0.489 e. The lowest BCUT2D eigenvalue weighted by Gasteiger charge is -2.18. The third kappa shape index (κ3) is 2.72. The second kappa shape index (κ2) is 6.07. The molecule has 0 unspecified atom stereocenters. The van der Waals surface area contributed by atoms with Crippen molar-refractivity contribution in [3.63, 3.8) is 0 Å². The fourth-order valence-electron chi connectivity index (χ4n) is 2.21. The van der Waals surface area contributed by atoms with E-state index in [9.17, 15) is 9.59 Å².